The molecule has 8 aromatic carbocycles. The smallest absolute Gasteiger partial charge is 0.231 e. The maximum atomic E-state index is 13.2. The van der Waals surface area contributed by atoms with Crippen LogP contribution in [0.1, 0.15) is 81.5 Å². The van der Waals surface area contributed by atoms with E-state index in [-0.39, 0.29) is 134 Å². The van der Waals surface area contributed by atoms with Crippen LogP contribution in [0.5, 0.6) is 0 Å². The molecule has 16 aromatic rings. The van der Waals surface area contributed by atoms with Crippen LogP contribution in [-0.4, -0.2) is 63.5 Å². The third kappa shape index (κ3) is 26.6. The number of para-hydroxylation sites is 4. The average Bonchev–Trinajstić information content (AvgIpc) is 1.60. The quantitative estimate of drug-likeness (QED) is 0.0603. The number of aromatic nitrogens is 12. The van der Waals surface area contributed by atoms with Crippen LogP contribution in [0.25, 0.3) is 73.4 Å². The average molecular weight is 2460 g/mol. The van der Waals surface area contributed by atoms with E-state index >= 15 is 0 Å². The second kappa shape index (κ2) is 46.2. The van der Waals surface area contributed by atoms with Gasteiger partial charge in [0, 0.05) is 166 Å². The van der Waals surface area contributed by atoms with Crippen LogP contribution in [0.2, 0.25) is 0 Å². The molecule has 0 spiro atoms. The van der Waals surface area contributed by atoms with E-state index in [1.165, 1.54) is 35.0 Å². The van der Waals surface area contributed by atoms with Crippen molar-refractivity contribution in [3.8, 4) is 62.4 Å². The standard InChI is InChI=1S/C20H22N2.C16H13N2.C14H10FN2.C12H14N3.C11H6F2N.C11H11N2.C10H5F2N2.5Ir/c1-15-9-8-12-17(13-15)22-19(16-10-6-5-7-11-16)18(14-21-22)20(2,3)4;1-13-12-16(14-8-4-2-5-9-14)18(17-13)15-10-6-3-7-11-15;1-17-13-5-3-2-4-12(13)16-14(17)10-6-8-11(15)9-7-10;1-12(2,3)10-7-9-15(14-10)11-6-4-5-8-13-11;12-8-4-5-9(10(13)7-8)11-3-1-2-6-14-11;1-9-8-10(2)13(12-9)11-6-4-3-5-7-11;11-9-5-4-7(10(12)14-9)8-3-1-2-6-13-8;;;;;/h5-11,13-14,19H,1-4H3;2-10,12H,1H3;2-6,8-9H,1H3;4-8H,1-3H3;1-4,6-7H;3-6,8H,1-2H3;1-3,5-6H;;;;;/q;6*-1;;;;;. The maximum Gasteiger partial charge on any atom is 0.231 e. The summed E-state index contributed by atoms with van der Waals surface area (Å²) < 4.78 is 73.8. The fraction of sp³-hybridized carbons (Fsp3) is 0.149. The largest absolute Gasteiger partial charge is 0.367 e. The number of hydrogen-bond donors (Lipinski definition) is 0. The van der Waals surface area contributed by atoms with Crippen LogP contribution in [-0.2, 0) is 113 Å². The van der Waals surface area contributed by atoms with Gasteiger partial charge in [-0.05, 0) is 108 Å². The molecule has 0 amide bonds. The van der Waals surface area contributed by atoms with E-state index in [9.17, 15) is 22.0 Å². The first-order valence-electron chi connectivity index (χ1n) is 36.2. The van der Waals surface area contributed by atoms with Crippen LogP contribution >= 0.6 is 0 Å². The van der Waals surface area contributed by atoms with Gasteiger partial charge in [-0.15, -0.1) is 72.3 Å². The summed E-state index contributed by atoms with van der Waals surface area (Å²) in [6.45, 7) is 21.3. The number of pyridine rings is 4. The summed E-state index contributed by atoms with van der Waals surface area (Å²) in [4.78, 5) is 19.6. The molecule has 0 aliphatic carbocycles. The number of benzene rings is 8. The Morgan fingerprint density at radius 1 is 0.466 bits per heavy atom. The van der Waals surface area contributed by atoms with Gasteiger partial charge < -0.3 is 24.2 Å². The van der Waals surface area contributed by atoms with E-state index in [0.29, 0.717) is 11.4 Å². The minimum atomic E-state index is -0.899. The summed E-state index contributed by atoms with van der Waals surface area (Å²) in [5.41, 5.74) is 17.3. The SMILES string of the molecule is CC(C)(C)c1c[c-]n(-c2ccccn2)n1.Cc1cc(-c2ccccc2)n(-c2[c-]cccc2)n1.Cc1cc(C)n(-c2[c-]cccc2)n1.Cc1cc[c-]c([N+]2=NC=C(C(C)(C)C)C2c2ccccc2)c1.Cn1c(-c2[c-]cc(F)cc2)nc2ccccc21.Fc1c[c-]c(-c2ccccn2)c(F)c1.Fc1c[c-]c(-c2ccccn2)c(F)n1.[Ir].[Ir].[Ir].[Ir].[Ir]. The maximum absolute atomic E-state index is 13.2. The molecule has 5 radical (unpaired) electrons. The molecule has 9 heterocycles. The van der Waals surface area contributed by atoms with Gasteiger partial charge in [0.15, 0.2) is 0 Å². The molecule has 24 heteroatoms. The van der Waals surface area contributed by atoms with E-state index in [2.05, 4.69) is 203 Å². The third-order valence-corrected chi connectivity index (χ3v) is 17.2. The zero-order valence-corrected chi connectivity index (χ0v) is 78.0. The van der Waals surface area contributed by atoms with Gasteiger partial charge in [0.25, 0.3) is 0 Å². The van der Waals surface area contributed by atoms with Gasteiger partial charge in [0.1, 0.15) is 23.8 Å². The molecule has 613 valence electrons. The molecule has 0 saturated carbocycles. The molecule has 8 aromatic heterocycles. The summed E-state index contributed by atoms with van der Waals surface area (Å²) >= 11 is 0. The Hall–Kier alpha value is -10.3. The molecule has 1 atom stereocenters. The van der Waals surface area contributed by atoms with Crippen molar-refractivity contribution in [2.24, 2.45) is 17.6 Å². The minimum absolute atomic E-state index is 0. The predicted octanol–water partition coefficient (Wildman–Crippen LogP) is 22.1. The molecule has 1 aliphatic rings. The van der Waals surface area contributed by atoms with Crippen LogP contribution in [0.3, 0.4) is 0 Å². The van der Waals surface area contributed by atoms with Gasteiger partial charge in [0.2, 0.25) is 6.04 Å². The molecule has 14 nitrogen and oxygen atoms in total. The van der Waals surface area contributed by atoms with E-state index in [1.807, 2.05) is 169 Å². The van der Waals surface area contributed by atoms with Crippen LogP contribution in [0.15, 0.2) is 296 Å². The fourth-order valence-electron chi connectivity index (χ4n) is 11.6. The van der Waals surface area contributed by atoms with Crippen molar-refractivity contribution in [1.29, 1.82) is 0 Å². The van der Waals surface area contributed by atoms with Gasteiger partial charge in [-0.1, -0.05) is 198 Å². The molecule has 118 heavy (non-hydrogen) atoms. The second-order valence-corrected chi connectivity index (χ2v) is 27.9. The molecule has 1 unspecified atom stereocenters. The Bertz CT molecular complexity index is 5650. The van der Waals surface area contributed by atoms with E-state index in [1.54, 1.807) is 59.5 Å². The summed E-state index contributed by atoms with van der Waals surface area (Å²) in [5, 5.41) is 18.1. The number of hydrogen-bond acceptors (Lipinski definition) is 9. The number of halogens is 5. The monoisotopic (exact) mass is 2470 g/mol. The van der Waals surface area contributed by atoms with Crippen molar-refractivity contribution in [2.45, 2.75) is 80.7 Å². The van der Waals surface area contributed by atoms with E-state index < -0.39 is 23.5 Å². The molecule has 0 bridgehead atoms. The van der Waals surface area contributed by atoms with Gasteiger partial charge >= 0.3 is 0 Å². The number of fused-ring (bicyclic) bond motifs is 1. The molecular formula is C94H81F5Ir5N14-6. The molecule has 0 saturated heterocycles. The number of aryl methyl sites for hydroxylation is 5. The van der Waals surface area contributed by atoms with Crippen LogP contribution in [0.4, 0.5) is 27.6 Å². The van der Waals surface area contributed by atoms with Gasteiger partial charge in [-0.3, -0.25) is 37.6 Å². The topological polar surface area (TPSA) is 138 Å². The third-order valence-electron chi connectivity index (χ3n) is 17.2. The van der Waals surface area contributed by atoms with Crippen molar-refractivity contribution >= 4 is 16.7 Å². The molecule has 0 N–H and O–H groups in total. The van der Waals surface area contributed by atoms with Gasteiger partial charge in [-0.2, -0.15) is 76.4 Å². The Morgan fingerprint density at radius 2 is 1.04 bits per heavy atom. The summed E-state index contributed by atoms with van der Waals surface area (Å²) in [6, 6.07) is 97.6. The van der Waals surface area contributed by atoms with Crippen LogP contribution in [0, 0.1) is 105 Å². The van der Waals surface area contributed by atoms with Crippen molar-refractivity contribution in [3.63, 3.8) is 0 Å². The Morgan fingerprint density at radius 3 is 1.58 bits per heavy atom. The fourth-order valence-corrected chi connectivity index (χ4v) is 11.6. The molecule has 17 rings (SSSR count). The van der Waals surface area contributed by atoms with Crippen molar-refractivity contribution < 1.29 is 127 Å². The number of rotatable bonds is 9. The summed E-state index contributed by atoms with van der Waals surface area (Å²) in [7, 11) is 1.95. The Kier molecular flexibility index (Phi) is 37.8. The number of nitrogens with zero attached hydrogens (tertiary/aromatic N) is 14. The molecule has 1 aliphatic heterocycles. The first-order chi connectivity index (χ1) is 54.4. The summed E-state index contributed by atoms with van der Waals surface area (Å²) in [6.07, 6.45) is 9.91. The normalized spacial score (nSPS) is 11.6. The van der Waals surface area contributed by atoms with Gasteiger partial charge in [0.05, 0.1) is 39.8 Å². The van der Waals surface area contributed by atoms with Crippen molar-refractivity contribution in [3.05, 3.63) is 397 Å². The number of imidazole rings is 1. The molecule has 0 fully saturated rings. The van der Waals surface area contributed by atoms with E-state index in [0.717, 1.165) is 97.5 Å². The Balaban J connectivity index is 0.000000214. The zero-order valence-electron chi connectivity index (χ0n) is 66.0. The first-order valence-corrected chi connectivity index (χ1v) is 36.2. The molecular weight excluding hydrogens is 2380 g/mol. The van der Waals surface area contributed by atoms with Gasteiger partial charge in [-0.25, -0.2) is 8.78 Å². The number of azo groups is 2. The predicted molar refractivity (Wildman–Crippen MR) is 432 cm³/mol. The summed E-state index contributed by atoms with van der Waals surface area (Å²) in [5.74, 6) is -1.76. The van der Waals surface area contributed by atoms with Crippen LogP contribution < -0.4 is 0 Å². The van der Waals surface area contributed by atoms with E-state index in [4.69, 9.17) is 5.11 Å². The minimum Gasteiger partial charge on any atom is -0.367 e. The van der Waals surface area contributed by atoms with Crippen molar-refractivity contribution in [1.82, 2.24) is 58.8 Å². The first kappa shape index (κ1) is 96.5. The zero-order chi connectivity index (χ0) is 80.0. The van der Waals surface area contributed by atoms with Crippen molar-refractivity contribution in [2.75, 3.05) is 0 Å². The second-order valence-electron chi connectivity index (χ2n) is 27.9. The Labute approximate surface area is 753 Å².